The topological polar surface area (TPSA) is 90.0 Å². The van der Waals surface area contributed by atoms with Crippen LogP contribution in [-0.2, 0) is 6.54 Å². The molecule has 1 atom stereocenters. The molecule has 0 saturated carbocycles. The van der Waals surface area contributed by atoms with Crippen LogP contribution in [0, 0.1) is 13.8 Å². The molecule has 3 heterocycles. The van der Waals surface area contributed by atoms with Crippen LogP contribution in [0.3, 0.4) is 0 Å². The lowest BCUT2D eigenvalue weighted by Gasteiger charge is -2.13. The number of aryl methyl sites for hydroxylation is 2. The van der Waals surface area contributed by atoms with E-state index in [1.807, 2.05) is 26.8 Å². The number of amides is 1. The van der Waals surface area contributed by atoms with Crippen molar-refractivity contribution in [2.45, 2.75) is 33.4 Å². The highest BCUT2D eigenvalue weighted by Gasteiger charge is 2.17. The number of fused-ring (bicyclic) bond motifs is 1. The number of carbonyl (C=O) groups is 1. The van der Waals surface area contributed by atoms with Gasteiger partial charge in [0.15, 0.2) is 5.65 Å². The van der Waals surface area contributed by atoms with E-state index in [4.69, 9.17) is 0 Å². The standard InChI is InChI=1S/C14H17N7O/c1-9-4-11(3)21-13(18-9)12(5-16-21)14(22)19-10(2)6-20-8-15-7-17-20/h4-5,7-8,10H,6H2,1-3H3,(H,19,22)/t10-/m0/s1. The summed E-state index contributed by atoms with van der Waals surface area (Å²) in [6.45, 7) is 6.30. The molecule has 0 aromatic carbocycles. The second-order valence-electron chi connectivity index (χ2n) is 5.32. The van der Waals surface area contributed by atoms with Gasteiger partial charge in [-0.2, -0.15) is 10.2 Å². The van der Waals surface area contributed by atoms with E-state index in [1.165, 1.54) is 6.33 Å². The average molecular weight is 299 g/mol. The Bertz CT molecular complexity index is 806. The van der Waals surface area contributed by atoms with Crippen LogP contribution in [0.1, 0.15) is 28.7 Å². The first-order valence-electron chi connectivity index (χ1n) is 7.00. The number of aromatic nitrogens is 6. The molecule has 0 aliphatic heterocycles. The monoisotopic (exact) mass is 299 g/mol. The van der Waals surface area contributed by atoms with E-state index in [0.717, 1.165) is 11.4 Å². The molecule has 8 nitrogen and oxygen atoms in total. The smallest absolute Gasteiger partial charge is 0.257 e. The molecular weight excluding hydrogens is 282 g/mol. The third-order valence-corrected chi connectivity index (χ3v) is 3.33. The van der Waals surface area contributed by atoms with Gasteiger partial charge in [-0.25, -0.2) is 14.5 Å². The molecule has 0 bridgehead atoms. The molecule has 1 N–H and O–H groups in total. The van der Waals surface area contributed by atoms with Crippen LogP contribution < -0.4 is 5.32 Å². The van der Waals surface area contributed by atoms with Crippen molar-refractivity contribution in [2.24, 2.45) is 0 Å². The maximum atomic E-state index is 12.4. The van der Waals surface area contributed by atoms with Gasteiger partial charge in [-0.15, -0.1) is 0 Å². The van der Waals surface area contributed by atoms with E-state index in [0.29, 0.717) is 17.8 Å². The Hall–Kier alpha value is -2.77. The zero-order valence-electron chi connectivity index (χ0n) is 12.7. The Kier molecular flexibility index (Phi) is 3.58. The molecule has 0 aliphatic carbocycles. The zero-order chi connectivity index (χ0) is 15.7. The summed E-state index contributed by atoms with van der Waals surface area (Å²) in [5.74, 6) is -0.194. The summed E-state index contributed by atoms with van der Waals surface area (Å²) in [4.78, 5) is 20.7. The van der Waals surface area contributed by atoms with Gasteiger partial charge in [0.2, 0.25) is 0 Å². The Morgan fingerprint density at radius 2 is 2.18 bits per heavy atom. The quantitative estimate of drug-likeness (QED) is 0.768. The van der Waals surface area contributed by atoms with Crippen molar-refractivity contribution in [1.82, 2.24) is 34.7 Å². The fraction of sp³-hybridized carbons (Fsp3) is 0.357. The number of nitrogens with zero attached hydrogens (tertiary/aromatic N) is 6. The van der Waals surface area contributed by atoms with Gasteiger partial charge in [0.25, 0.3) is 5.91 Å². The van der Waals surface area contributed by atoms with Crippen molar-refractivity contribution >= 4 is 11.6 Å². The highest BCUT2D eigenvalue weighted by molar-refractivity contribution is 5.99. The van der Waals surface area contributed by atoms with Crippen molar-refractivity contribution in [2.75, 3.05) is 0 Å². The van der Waals surface area contributed by atoms with Gasteiger partial charge < -0.3 is 5.32 Å². The van der Waals surface area contributed by atoms with Crippen molar-refractivity contribution in [3.63, 3.8) is 0 Å². The summed E-state index contributed by atoms with van der Waals surface area (Å²) in [6.07, 6.45) is 4.63. The molecule has 8 heteroatoms. The molecule has 0 spiro atoms. The first-order valence-corrected chi connectivity index (χ1v) is 7.00. The maximum absolute atomic E-state index is 12.4. The third kappa shape index (κ3) is 2.67. The van der Waals surface area contributed by atoms with Crippen LogP contribution >= 0.6 is 0 Å². The number of hydrogen-bond acceptors (Lipinski definition) is 5. The molecule has 0 fully saturated rings. The van der Waals surface area contributed by atoms with Crippen LogP contribution in [-0.4, -0.2) is 41.3 Å². The molecule has 3 aromatic heterocycles. The first kappa shape index (κ1) is 14.2. The molecule has 3 aromatic rings. The minimum Gasteiger partial charge on any atom is -0.348 e. The van der Waals surface area contributed by atoms with Gasteiger partial charge in [-0.1, -0.05) is 0 Å². The van der Waals surface area contributed by atoms with E-state index in [1.54, 1.807) is 21.7 Å². The molecule has 0 unspecified atom stereocenters. The van der Waals surface area contributed by atoms with Gasteiger partial charge in [0.05, 0.1) is 12.7 Å². The zero-order valence-corrected chi connectivity index (χ0v) is 12.7. The maximum Gasteiger partial charge on any atom is 0.257 e. The van der Waals surface area contributed by atoms with E-state index >= 15 is 0 Å². The lowest BCUT2D eigenvalue weighted by atomic mass is 10.2. The molecular formula is C14H17N7O. The number of nitrogens with one attached hydrogen (secondary N) is 1. The number of carbonyl (C=O) groups excluding carboxylic acids is 1. The first-order chi connectivity index (χ1) is 10.5. The van der Waals surface area contributed by atoms with Gasteiger partial charge in [-0.05, 0) is 26.8 Å². The van der Waals surface area contributed by atoms with E-state index < -0.39 is 0 Å². The summed E-state index contributed by atoms with van der Waals surface area (Å²) in [5, 5.41) is 11.2. The second kappa shape index (κ2) is 5.55. The molecule has 0 radical (unpaired) electrons. The highest BCUT2D eigenvalue weighted by Crippen LogP contribution is 2.12. The predicted molar refractivity (Wildman–Crippen MR) is 79.4 cm³/mol. The number of rotatable bonds is 4. The van der Waals surface area contributed by atoms with Gasteiger partial charge in [0.1, 0.15) is 18.2 Å². The molecule has 114 valence electrons. The fourth-order valence-electron chi connectivity index (χ4n) is 2.39. The average Bonchev–Trinajstić information content (AvgIpc) is 3.07. The molecule has 0 saturated heterocycles. The van der Waals surface area contributed by atoms with Crippen LogP contribution in [0.5, 0.6) is 0 Å². The summed E-state index contributed by atoms with van der Waals surface area (Å²) in [5.41, 5.74) is 2.84. The predicted octanol–water partition coefficient (Wildman–Crippen LogP) is 0.756. The van der Waals surface area contributed by atoms with E-state index in [9.17, 15) is 4.79 Å². The largest absolute Gasteiger partial charge is 0.348 e. The summed E-state index contributed by atoms with van der Waals surface area (Å²) in [7, 11) is 0. The Balaban J connectivity index is 1.80. The minimum atomic E-state index is -0.194. The fourth-order valence-corrected chi connectivity index (χ4v) is 2.39. The lowest BCUT2D eigenvalue weighted by Crippen LogP contribution is -2.35. The van der Waals surface area contributed by atoms with Crippen LogP contribution in [0.4, 0.5) is 0 Å². The molecule has 3 rings (SSSR count). The SMILES string of the molecule is Cc1cc(C)n2ncc(C(=O)N[C@@H](C)Cn3cncn3)c2n1. The van der Waals surface area contributed by atoms with Gasteiger partial charge in [-0.3, -0.25) is 9.48 Å². The van der Waals surface area contributed by atoms with Crippen molar-refractivity contribution < 1.29 is 4.79 Å². The normalized spacial score (nSPS) is 12.5. The Morgan fingerprint density at radius 3 is 2.91 bits per heavy atom. The Labute approximate surface area is 127 Å². The molecule has 0 aliphatic rings. The van der Waals surface area contributed by atoms with E-state index in [-0.39, 0.29) is 11.9 Å². The van der Waals surface area contributed by atoms with Crippen LogP contribution in [0.2, 0.25) is 0 Å². The van der Waals surface area contributed by atoms with Gasteiger partial charge >= 0.3 is 0 Å². The Morgan fingerprint density at radius 1 is 1.36 bits per heavy atom. The molecule has 22 heavy (non-hydrogen) atoms. The minimum absolute atomic E-state index is 0.0879. The van der Waals surface area contributed by atoms with E-state index in [2.05, 4.69) is 25.5 Å². The van der Waals surface area contributed by atoms with Gasteiger partial charge in [0, 0.05) is 17.4 Å². The van der Waals surface area contributed by atoms with Crippen LogP contribution in [0.15, 0.2) is 24.9 Å². The third-order valence-electron chi connectivity index (χ3n) is 3.33. The summed E-state index contributed by atoms with van der Waals surface area (Å²) < 4.78 is 3.34. The van der Waals surface area contributed by atoms with Crippen molar-refractivity contribution in [1.29, 1.82) is 0 Å². The summed E-state index contributed by atoms with van der Waals surface area (Å²) >= 11 is 0. The highest BCUT2D eigenvalue weighted by atomic mass is 16.1. The van der Waals surface area contributed by atoms with Crippen LogP contribution in [0.25, 0.3) is 5.65 Å². The summed E-state index contributed by atoms with van der Waals surface area (Å²) in [6, 6.07) is 1.84. The second-order valence-corrected chi connectivity index (χ2v) is 5.32. The lowest BCUT2D eigenvalue weighted by molar-refractivity contribution is 0.0937. The van der Waals surface area contributed by atoms with Crippen molar-refractivity contribution in [3.8, 4) is 0 Å². The molecule has 1 amide bonds. The number of hydrogen-bond donors (Lipinski definition) is 1. The van der Waals surface area contributed by atoms with Crippen molar-refractivity contribution in [3.05, 3.63) is 41.9 Å².